The molecule has 230 valence electrons. The monoisotopic (exact) mass is 637 g/mol. The minimum atomic E-state index is -4.15. The second-order valence-electron chi connectivity index (χ2n) is 11.8. The summed E-state index contributed by atoms with van der Waals surface area (Å²) in [6.07, 6.45) is 0.173. The molecule has 1 aliphatic heterocycles. The van der Waals surface area contributed by atoms with Crippen LogP contribution in [0, 0.1) is 34.6 Å². The maximum Gasteiger partial charge on any atom is 0.252 e. The number of sulfonamides is 1. The summed E-state index contributed by atoms with van der Waals surface area (Å²) in [6, 6.07) is 23.7. The van der Waals surface area contributed by atoms with Crippen molar-refractivity contribution in [2.45, 2.75) is 58.4 Å². The van der Waals surface area contributed by atoms with E-state index in [1.165, 1.54) is 4.31 Å². The fraction of sp³-hybridized carbons (Fsp3) is 0.250. The maximum absolute atomic E-state index is 14.5. The largest absolute Gasteiger partial charge is 0.274 e. The van der Waals surface area contributed by atoms with Crippen molar-refractivity contribution in [3.8, 4) is 10.6 Å². The zero-order valence-electron chi connectivity index (χ0n) is 26.0. The molecule has 1 fully saturated rings. The molecule has 6 rings (SSSR count). The van der Waals surface area contributed by atoms with E-state index >= 15 is 0 Å². The van der Waals surface area contributed by atoms with Crippen LogP contribution in [0.4, 0.5) is 5.69 Å². The number of nitrogens with zero attached hydrogens (tertiary/aromatic N) is 3. The summed E-state index contributed by atoms with van der Waals surface area (Å²) in [5.41, 5.74) is 7.33. The molecular formula is C36H35N3O4S2. The number of rotatable bonds is 8. The Labute approximate surface area is 268 Å². The van der Waals surface area contributed by atoms with Crippen LogP contribution in [0.2, 0.25) is 0 Å². The fourth-order valence-corrected chi connectivity index (χ4v) is 9.26. The summed E-state index contributed by atoms with van der Waals surface area (Å²) in [6.45, 7) is 9.48. The number of aromatic nitrogens is 1. The molecule has 4 aromatic carbocycles. The van der Waals surface area contributed by atoms with Crippen molar-refractivity contribution >= 4 is 49.1 Å². The van der Waals surface area contributed by atoms with E-state index in [1.54, 1.807) is 37.3 Å². The number of aryl methyl sites for hydroxylation is 3. The van der Waals surface area contributed by atoms with Crippen LogP contribution in [0.15, 0.2) is 83.8 Å². The molecule has 5 aromatic rings. The first kappa shape index (κ1) is 30.8. The van der Waals surface area contributed by atoms with Crippen LogP contribution < -0.4 is 4.90 Å². The molecule has 0 saturated carbocycles. The van der Waals surface area contributed by atoms with Crippen molar-refractivity contribution in [1.82, 2.24) is 9.29 Å². The Morgan fingerprint density at radius 3 is 2.20 bits per heavy atom. The summed E-state index contributed by atoms with van der Waals surface area (Å²) >= 11 is 1.58. The van der Waals surface area contributed by atoms with Gasteiger partial charge < -0.3 is 0 Å². The van der Waals surface area contributed by atoms with Gasteiger partial charge in [0.15, 0.2) is 0 Å². The van der Waals surface area contributed by atoms with Crippen molar-refractivity contribution in [3.05, 3.63) is 112 Å². The van der Waals surface area contributed by atoms with Crippen LogP contribution in [-0.2, 0) is 26.0 Å². The fourth-order valence-electron chi connectivity index (χ4n) is 6.03. The summed E-state index contributed by atoms with van der Waals surface area (Å²) in [7, 11) is -4.15. The molecule has 0 bridgehead atoms. The van der Waals surface area contributed by atoms with Crippen LogP contribution in [-0.4, -0.2) is 42.1 Å². The third-order valence-electron chi connectivity index (χ3n) is 8.71. The highest BCUT2D eigenvalue weighted by molar-refractivity contribution is 7.89. The average molecular weight is 638 g/mol. The first-order valence-corrected chi connectivity index (χ1v) is 17.2. The Kier molecular flexibility index (Phi) is 8.20. The van der Waals surface area contributed by atoms with E-state index in [4.69, 9.17) is 4.98 Å². The highest BCUT2D eigenvalue weighted by atomic mass is 32.2. The van der Waals surface area contributed by atoms with E-state index in [9.17, 15) is 18.0 Å². The second kappa shape index (κ2) is 12.0. The summed E-state index contributed by atoms with van der Waals surface area (Å²) in [5.74, 6) is -0.971. The highest BCUT2D eigenvalue weighted by Gasteiger charge is 2.47. The minimum absolute atomic E-state index is 0.0613. The maximum atomic E-state index is 14.5. The number of carbonyl (C=O) groups is 2. The van der Waals surface area contributed by atoms with Crippen molar-refractivity contribution in [2.75, 3.05) is 11.4 Å². The van der Waals surface area contributed by atoms with Gasteiger partial charge in [-0.05, 0) is 111 Å². The number of thiazole rings is 1. The molecular weight excluding hydrogens is 603 g/mol. The number of imide groups is 1. The van der Waals surface area contributed by atoms with Gasteiger partial charge in [0.05, 0.1) is 27.2 Å². The molecule has 45 heavy (non-hydrogen) atoms. The number of fused-ring (bicyclic) bond motifs is 1. The normalized spacial score (nSPS) is 15.5. The predicted octanol–water partition coefficient (Wildman–Crippen LogP) is 7.07. The average Bonchev–Trinajstić information content (AvgIpc) is 3.56. The zero-order valence-corrected chi connectivity index (χ0v) is 27.6. The van der Waals surface area contributed by atoms with Crippen LogP contribution in [0.3, 0.4) is 0 Å². The van der Waals surface area contributed by atoms with Gasteiger partial charge in [0.25, 0.3) is 5.91 Å². The van der Waals surface area contributed by atoms with Crippen molar-refractivity contribution in [1.29, 1.82) is 0 Å². The summed E-state index contributed by atoms with van der Waals surface area (Å²) < 4.78 is 31.4. The summed E-state index contributed by atoms with van der Waals surface area (Å²) in [5, 5.41) is 0.844. The molecule has 7 nitrogen and oxygen atoms in total. The van der Waals surface area contributed by atoms with E-state index in [1.807, 2.05) is 81.4 Å². The van der Waals surface area contributed by atoms with Gasteiger partial charge in [-0.1, -0.05) is 42.5 Å². The molecule has 0 N–H and O–H groups in total. The van der Waals surface area contributed by atoms with Crippen LogP contribution in [0.5, 0.6) is 0 Å². The van der Waals surface area contributed by atoms with Crippen LogP contribution in [0.1, 0.15) is 39.8 Å². The van der Waals surface area contributed by atoms with Crippen molar-refractivity contribution in [2.24, 2.45) is 0 Å². The standard InChI is InChI=1S/C36H35N3O4S2/c1-22-11-16-30-32(19-22)44-35(37-30)28-12-14-29(15-13-28)39-33(40)21-31(36(39)41)38(18-17-27-9-7-6-8-10-27)45(42,43)34-25(4)23(2)20-24(3)26(34)5/h6-16,19-20,31H,17-18,21H2,1-5H3. The Balaban J connectivity index is 1.34. The summed E-state index contributed by atoms with van der Waals surface area (Å²) in [4.78, 5) is 33.6. The SMILES string of the molecule is Cc1ccc2nc(-c3ccc(N4C(=O)CC(N(CCc5ccccc5)S(=O)(=O)c5c(C)c(C)cc(C)c5C)C4=O)cc3)sc2c1. The van der Waals surface area contributed by atoms with Gasteiger partial charge in [0, 0.05) is 12.1 Å². The first-order chi connectivity index (χ1) is 21.5. The molecule has 1 saturated heterocycles. The number of carbonyl (C=O) groups excluding carboxylic acids is 2. The third kappa shape index (κ3) is 5.72. The van der Waals surface area contributed by atoms with Crippen LogP contribution >= 0.6 is 11.3 Å². The number of hydrogen-bond acceptors (Lipinski definition) is 6. The van der Waals surface area contributed by atoms with E-state index in [-0.39, 0.29) is 17.9 Å². The lowest BCUT2D eigenvalue weighted by Crippen LogP contribution is -2.46. The molecule has 0 aliphatic carbocycles. The van der Waals surface area contributed by atoms with Gasteiger partial charge in [-0.3, -0.25) is 9.59 Å². The highest BCUT2D eigenvalue weighted by Crippen LogP contribution is 2.36. The number of anilines is 1. The topological polar surface area (TPSA) is 87.7 Å². The number of hydrogen-bond donors (Lipinski definition) is 0. The van der Waals surface area contributed by atoms with E-state index in [0.717, 1.165) is 47.9 Å². The molecule has 1 aliphatic rings. The molecule has 2 amide bonds. The number of amides is 2. The van der Waals surface area contributed by atoms with E-state index < -0.39 is 27.9 Å². The molecule has 0 spiro atoms. The van der Waals surface area contributed by atoms with Gasteiger partial charge in [-0.2, -0.15) is 4.31 Å². The lowest BCUT2D eigenvalue weighted by molar-refractivity contribution is -0.122. The zero-order chi connectivity index (χ0) is 32.0. The molecule has 9 heteroatoms. The predicted molar refractivity (Wildman–Crippen MR) is 180 cm³/mol. The Morgan fingerprint density at radius 1 is 0.867 bits per heavy atom. The minimum Gasteiger partial charge on any atom is -0.274 e. The lowest BCUT2D eigenvalue weighted by Gasteiger charge is -2.29. The smallest absolute Gasteiger partial charge is 0.252 e. The van der Waals surface area contributed by atoms with Gasteiger partial charge in [0.1, 0.15) is 11.0 Å². The Morgan fingerprint density at radius 2 is 1.53 bits per heavy atom. The first-order valence-electron chi connectivity index (χ1n) is 14.9. The molecule has 1 atom stereocenters. The van der Waals surface area contributed by atoms with Gasteiger partial charge in [-0.15, -0.1) is 11.3 Å². The molecule has 1 unspecified atom stereocenters. The molecule has 1 aromatic heterocycles. The second-order valence-corrected chi connectivity index (χ2v) is 14.6. The van der Waals surface area contributed by atoms with E-state index in [2.05, 4.69) is 6.07 Å². The molecule has 2 heterocycles. The quantitative estimate of drug-likeness (QED) is 0.170. The number of benzene rings is 4. The van der Waals surface area contributed by atoms with Gasteiger partial charge in [-0.25, -0.2) is 18.3 Å². The molecule has 0 radical (unpaired) electrons. The lowest BCUT2D eigenvalue weighted by atomic mass is 10.0. The van der Waals surface area contributed by atoms with E-state index in [0.29, 0.717) is 23.2 Å². The van der Waals surface area contributed by atoms with Crippen molar-refractivity contribution < 1.29 is 18.0 Å². The van der Waals surface area contributed by atoms with Crippen LogP contribution in [0.25, 0.3) is 20.8 Å². The van der Waals surface area contributed by atoms with Gasteiger partial charge in [0.2, 0.25) is 15.9 Å². The van der Waals surface area contributed by atoms with Crippen molar-refractivity contribution in [3.63, 3.8) is 0 Å². The Hall–Kier alpha value is -4.18. The van der Waals surface area contributed by atoms with Gasteiger partial charge >= 0.3 is 0 Å². The Bertz CT molecular complexity index is 2030. The third-order valence-corrected chi connectivity index (χ3v) is 12.0.